The molecule has 0 spiro atoms. The highest BCUT2D eigenvalue weighted by atomic mass is 32.2. The fourth-order valence-electron chi connectivity index (χ4n) is 3.41. The molecule has 34 heavy (non-hydrogen) atoms. The van der Waals surface area contributed by atoms with Crippen LogP contribution in [0.3, 0.4) is 0 Å². The molecule has 10 heteroatoms. The maximum Gasteiger partial charge on any atom is 0.339 e. The number of nitrogens with zero attached hydrogens (tertiary/aromatic N) is 3. The van der Waals surface area contributed by atoms with Gasteiger partial charge >= 0.3 is 10.1 Å². The molecule has 8 nitrogen and oxygen atoms in total. The molecule has 0 atom stereocenters. The van der Waals surface area contributed by atoms with E-state index in [9.17, 15) is 13.2 Å². The van der Waals surface area contributed by atoms with Gasteiger partial charge in [0.05, 0.1) is 18.7 Å². The summed E-state index contributed by atoms with van der Waals surface area (Å²) in [6, 6.07) is 9.82. The lowest BCUT2D eigenvalue weighted by atomic mass is 10.2. The summed E-state index contributed by atoms with van der Waals surface area (Å²) in [4.78, 5) is 18.9. The number of rotatable bonds is 6. The Morgan fingerprint density at radius 3 is 2.56 bits per heavy atom. The molecule has 0 aliphatic heterocycles. The van der Waals surface area contributed by atoms with E-state index in [1.165, 1.54) is 41.7 Å². The summed E-state index contributed by atoms with van der Waals surface area (Å²) in [5.41, 5.74) is 2.62. The third-order valence-electron chi connectivity index (χ3n) is 5.40. The van der Waals surface area contributed by atoms with Gasteiger partial charge in [-0.25, -0.2) is 4.98 Å². The fourth-order valence-corrected chi connectivity index (χ4v) is 5.65. The van der Waals surface area contributed by atoms with Crippen molar-refractivity contribution in [1.82, 2.24) is 9.66 Å². The number of hydrogen-bond donors (Lipinski definition) is 0. The number of thiophene rings is 1. The average Bonchev–Trinajstić information content (AvgIpc) is 3.09. The van der Waals surface area contributed by atoms with Crippen LogP contribution in [0.1, 0.15) is 27.1 Å². The standard InChI is InChI=1S/C24H23N3O5S2/c1-14-6-7-15(2)21(10-14)34(29,30)32-19-9-8-18(11-20(19)31-5)12-26-27-13-25-23-22(24(27)28)16(3)17(4)33-23/h6-13H,1-5H3/b26-12+. The number of fused-ring (bicyclic) bond motifs is 1. The summed E-state index contributed by atoms with van der Waals surface area (Å²) < 4.78 is 37.6. The largest absolute Gasteiger partial charge is 0.493 e. The van der Waals surface area contributed by atoms with Gasteiger partial charge in [0.2, 0.25) is 0 Å². The molecule has 0 bridgehead atoms. The van der Waals surface area contributed by atoms with E-state index in [2.05, 4.69) is 10.1 Å². The molecule has 0 unspecified atom stereocenters. The van der Waals surface area contributed by atoms with E-state index in [1.54, 1.807) is 31.2 Å². The second-order valence-corrected chi connectivity index (χ2v) is 10.5. The van der Waals surface area contributed by atoms with E-state index < -0.39 is 10.1 Å². The number of aryl methyl sites for hydroxylation is 4. The number of ether oxygens (including phenoxy) is 1. The van der Waals surface area contributed by atoms with Crippen molar-refractivity contribution in [3.8, 4) is 11.5 Å². The van der Waals surface area contributed by atoms with Crippen LogP contribution < -0.4 is 14.5 Å². The Kier molecular flexibility index (Phi) is 6.28. The third-order valence-corrected chi connectivity index (χ3v) is 7.90. The van der Waals surface area contributed by atoms with Crippen LogP contribution in [0.5, 0.6) is 11.5 Å². The quantitative estimate of drug-likeness (QED) is 0.290. The minimum absolute atomic E-state index is 0.0465. The minimum Gasteiger partial charge on any atom is -0.493 e. The molecule has 2 heterocycles. The number of benzene rings is 2. The highest BCUT2D eigenvalue weighted by molar-refractivity contribution is 7.87. The molecule has 4 rings (SSSR count). The number of hydrogen-bond acceptors (Lipinski definition) is 8. The molecule has 176 valence electrons. The summed E-state index contributed by atoms with van der Waals surface area (Å²) in [6.07, 6.45) is 2.84. The van der Waals surface area contributed by atoms with Crippen molar-refractivity contribution in [3.63, 3.8) is 0 Å². The predicted molar refractivity (Wildman–Crippen MR) is 133 cm³/mol. The summed E-state index contributed by atoms with van der Waals surface area (Å²) >= 11 is 1.47. The van der Waals surface area contributed by atoms with Crippen molar-refractivity contribution in [2.24, 2.45) is 5.10 Å². The van der Waals surface area contributed by atoms with Gasteiger partial charge < -0.3 is 8.92 Å². The molecule has 0 fully saturated rings. The van der Waals surface area contributed by atoms with Crippen LogP contribution in [0.4, 0.5) is 0 Å². The first-order valence-electron chi connectivity index (χ1n) is 10.3. The van der Waals surface area contributed by atoms with Gasteiger partial charge in [-0.3, -0.25) is 4.79 Å². The summed E-state index contributed by atoms with van der Waals surface area (Å²) in [5.74, 6) is 0.258. The van der Waals surface area contributed by atoms with Gasteiger partial charge in [0, 0.05) is 4.88 Å². The van der Waals surface area contributed by atoms with E-state index in [4.69, 9.17) is 8.92 Å². The Balaban J connectivity index is 1.64. The molecule has 0 saturated heterocycles. The van der Waals surface area contributed by atoms with Crippen molar-refractivity contribution in [3.05, 3.63) is 80.2 Å². The van der Waals surface area contributed by atoms with E-state index >= 15 is 0 Å². The van der Waals surface area contributed by atoms with Gasteiger partial charge in [-0.15, -0.1) is 11.3 Å². The van der Waals surface area contributed by atoms with Gasteiger partial charge in [0.15, 0.2) is 11.5 Å². The highest BCUT2D eigenvalue weighted by Crippen LogP contribution is 2.31. The predicted octanol–water partition coefficient (Wildman–Crippen LogP) is 4.35. The lowest BCUT2D eigenvalue weighted by Crippen LogP contribution is -2.17. The summed E-state index contributed by atoms with van der Waals surface area (Å²) in [5, 5.41) is 4.79. The van der Waals surface area contributed by atoms with Crippen LogP contribution in [-0.2, 0) is 10.1 Å². The second-order valence-electron chi connectivity index (χ2n) is 7.82. The van der Waals surface area contributed by atoms with Crippen molar-refractivity contribution in [2.75, 3.05) is 7.11 Å². The molecule has 2 aromatic heterocycles. The highest BCUT2D eigenvalue weighted by Gasteiger charge is 2.21. The molecule has 0 radical (unpaired) electrons. The molecule has 0 aliphatic carbocycles. The van der Waals surface area contributed by atoms with Crippen molar-refractivity contribution >= 4 is 37.9 Å². The molecule has 2 aromatic carbocycles. The zero-order valence-corrected chi connectivity index (χ0v) is 21.0. The molecule has 4 aromatic rings. The lowest BCUT2D eigenvalue weighted by Gasteiger charge is -2.13. The molecule has 0 saturated carbocycles. The SMILES string of the molecule is COc1cc(/C=N/n2cnc3sc(C)c(C)c3c2=O)ccc1OS(=O)(=O)c1cc(C)ccc1C. The van der Waals surface area contributed by atoms with Gasteiger partial charge in [0.1, 0.15) is 16.1 Å². The van der Waals surface area contributed by atoms with Crippen LogP contribution in [0.15, 0.2) is 57.5 Å². The van der Waals surface area contributed by atoms with Crippen LogP contribution in [0, 0.1) is 27.7 Å². The van der Waals surface area contributed by atoms with Crippen LogP contribution in [0.2, 0.25) is 0 Å². The van der Waals surface area contributed by atoms with Gasteiger partial charge in [0.25, 0.3) is 5.56 Å². The zero-order chi connectivity index (χ0) is 24.6. The maximum atomic E-state index is 12.9. The van der Waals surface area contributed by atoms with Crippen molar-refractivity contribution < 1.29 is 17.3 Å². The van der Waals surface area contributed by atoms with E-state index in [1.807, 2.05) is 26.8 Å². The smallest absolute Gasteiger partial charge is 0.339 e. The van der Waals surface area contributed by atoms with Crippen LogP contribution in [0.25, 0.3) is 10.2 Å². The molecule has 0 N–H and O–H groups in total. The normalized spacial score (nSPS) is 11.9. The van der Waals surface area contributed by atoms with Crippen molar-refractivity contribution in [2.45, 2.75) is 32.6 Å². The Hall–Kier alpha value is -3.50. The van der Waals surface area contributed by atoms with Gasteiger partial charge in [-0.1, -0.05) is 12.1 Å². The van der Waals surface area contributed by atoms with E-state index in [0.717, 1.165) is 16.0 Å². The Morgan fingerprint density at radius 2 is 1.82 bits per heavy atom. The number of methoxy groups -OCH3 is 1. The molecule has 0 amide bonds. The molecular weight excluding hydrogens is 474 g/mol. The van der Waals surface area contributed by atoms with Gasteiger partial charge in [-0.2, -0.15) is 18.2 Å². The second kappa shape index (κ2) is 9.03. The summed E-state index contributed by atoms with van der Waals surface area (Å²) in [7, 11) is -2.65. The van der Waals surface area contributed by atoms with E-state index in [0.29, 0.717) is 21.3 Å². The van der Waals surface area contributed by atoms with E-state index in [-0.39, 0.29) is 22.0 Å². The molecular formula is C24H23N3O5S2. The Labute approximate surface area is 201 Å². The first-order chi connectivity index (χ1) is 16.1. The molecule has 0 aliphatic rings. The average molecular weight is 498 g/mol. The Morgan fingerprint density at radius 1 is 1.06 bits per heavy atom. The van der Waals surface area contributed by atoms with Crippen molar-refractivity contribution in [1.29, 1.82) is 0 Å². The summed E-state index contributed by atoms with van der Waals surface area (Å²) in [6.45, 7) is 7.36. The first-order valence-corrected chi connectivity index (χ1v) is 12.5. The minimum atomic E-state index is -4.06. The number of aromatic nitrogens is 2. The monoisotopic (exact) mass is 497 g/mol. The topological polar surface area (TPSA) is 99.8 Å². The lowest BCUT2D eigenvalue weighted by molar-refractivity contribution is 0.390. The van der Waals surface area contributed by atoms with Crippen LogP contribution in [-0.4, -0.2) is 31.4 Å². The van der Waals surface area contributed by atoms with Crippen LogP contribution >= 0.6 is 11.3 Å². The third kappa shape index (κ3) is 4.46. The van der Waals surface area contributed by atoms with Gasteiger partial charge in [-0.05, 0) is 74.2 Å². The maximum absolute atomic E-state index is 12.9. The Bertz CT molecular complexity index is 1600. The zero-order valence-electron chi connectivity index (χ0n) is 19.3. The first kappa shape index (κ1) is 23.7. The fraction of sp³-hybridized carbons (Fsp3) is 0.208.